The highest BCUT2D eigenvalue weighted by Gasteiger charge is 2.37. The third kappa shape index (κ3) is 1.56. The van der Waals surface area contributed by atoms with Crippen molar-refractivity contribution in [3.63, 3.8) is 0 Å². The molecule has 4 fully saturated rings. The molecule has 4 aliphatic rings. The van der Waals surface area contributed by atoms with E-state index >= 15 is 0 Å². The predicted molar refractivity (Wildman–Crippen MR) is 53.4 cm³/mol. The van der Waals surface area contributed by atoms with Gasteiger partial charge in [-0.2, -0.15) is 0 Å². The van der Waals surface area contributed by atoms with Gasteiger partial charge in [0.2, 0.25) is 0 Å². The lowest BCUT2D eigenvalue weighted by Crippen LogP contribution is -2.66. The summed E-state index contributed by atoms with van der Waals surface area (Å²) in [6, 6.07) is 1.07. The summed E-state index contributed by atoms with van der Waals surface area (Å²) in [6.07, 6.45) is 0. The Morgan fingerprint density at radius 2 is 2.00 bits per heavy atom. The highest BCUT2D eigenvalue weighted by molar-refractivity contribution is 4.95. The molecular weight excluding hydrogens is 178 g/mol. The molecule has 2 atom stereocenters. The van der Waals surface area contributed by atoms with Gasteiger partial charge in [0.25, 0.3) is 0 Å². The zero-order valence-corrected chi connectivity index (χ0v) is 8.56. The maximum atomic E-state index is 5.50. The molecule has 2 bridgehead atoms. The van der Waals surface area contributed by atoms with Gasteiger partial charge in [0.15, 0.2) is 0 Å². The van der Waals surface area contributed by atoms with Crippen molar-refractivity contribution in [3.05, 3.63) is 0 Å². The molecule has 0 N–H and O–H groups in total. The van der Waals surface area contributed by atoms with Gasteiger partial charge in [-0.15, -0.1) is 0 Å². The lowest BCUT2D eigenvalue weighted by atomic mass is 10.00. The van der Waals surface area contributed by atoms with E-state index in [1.165, 1.54) is 32.7 Å². The first kappa shape index (κ1) is 9.09. The molecule has 0 aliphatic carbocycles. The van der Waals surface area contributed by atoms with Crippen molar-refractivity contribution in [3.8, 4) is 0 Å². The van der Waals surface area contributed by atoms with Gasteiger partial charge in [-0.05, 0) is 0 Å². The van der Waals surface area contributed by atoms with Crippen LogP contribution in [0.25, 0.3) is 0 Å². The Bertz CT molecular complexity index is 198. The van der Waals surface area contributed by atoms with Gasteiger partial charge in [0.05, 0.1) is 19.3 Å². The SMILES string of the molecule is C1COCC(C2CN3CCN2CC3)[N]1. The number of ether oxygens (including phenoxy) is 1. The molecule has 1 radical (unpaired) electrons. The van der Waals surface area contributed by atoms with Gasteiger partial charge in [0, 0.05) is 45.3 Å². The fourth-order valence-corrected chi connectivity index (χ4v) is 2.80. The van der Waals surface area contributed by atoms with Crippen LogP contribution in [0.1, 0.15) is 0 Å². The average molecular weight is 196 g/mol. The highest BCUT2D eigenvalue weighted by atomic mass is 16.5. The fraction of sp³-hybridized carbons (Fsp3) is 1.00. The van der Waals surface area contributed by atoms with E-state index in [0.29, 0.717) is 12.1 Å². The first-order chi connectivity index (χ1) is 6.93. The summed E-state index contributed by atoms with van der Waals surface area (Å²) in [5, 5.41) is 4.68. The van der Waals surface area contributed by atoms with Gasteiger partial charge in [-0.1, -0.05) is 0 Å². The van der Waals surface area contributed by atoms with E-state index in [1.54, 1.807) is 0 Å². The Morgan fingerprint density at radius 3 is 2.57 bits per heavy atom. The van der Waals surface area contributed by atoms with Crippen molar-refractivity contribution in [1.29, 1.82) is 0 Å². The van der Waals surface area contributed by atoms with Crippen molar-refractivity contribution in [1.82, 2.24) is 15.1 Å². The number of piperazine rings is 3. The topological polar surface area (TPSA) is 29.8 Å². The Hall–Kier alpha value is -0.160. The minimum Gasteiger partial charge on any atom is -0.378 e. The summed E-state index contributed by atoms with van der Waals surface area (Å²) in [7, 11) is 0. The van der Waals surface area contributed by atoms with Crippen molar-refractivity contribution in [2.45, 2.75) is 12.1 Å². The van der Waals surface area contributed by atoms with Crippen LogP contribution in [-0.2, 0) is 4.74 Å². The summed E-state index contributed by atoms with van der Waals surface area (Å²) < 4.78 is 5.50. The van der Waals surface area contributed by atoms with Crippen LogP contribution in [0.15, 0.2) is 0 Å². The third-order valence-electron chi connectivity index (χ3n) is 3.65. The summed E-state index contributed by atoms with van der Waals surface area (Å²) in [5.41, 5.74) is 0. The molecule has 2 unspecified atom stereocenters. The van der Waals surface area contributed by atoms with E-state index in [-0.39, 0.29) is 0 Å². The van der Waals surface area contributed by atoms with Crippen molar-refractivity contribution >= 4 is 0 Å². The molecular formula is C10H18N3O. The summed E-state index contributed by atoms with van der Waals surface area (Å²) in [6.45, 7) is 8.75. The van der Waals surface area contributed by atoms with Crippen molar-refractivity contribution < 1.29 is 4.74 Å². The summed E-state index contributed by atoms with van der Waals surface area (Å²) >= 11 is 0. The third-order valence-corrected chi connectivity index (χ3v) is 3.65. The fourth-order valence-electron chi connectivity index (χ4n) is 2.80. The lowest BCUT2D eigenvalue weighted by molar-refractivity contribution is -0.0351. The van der Waals surface area contributed by atoms with Gasteiger partial charge in [-0.3, -0.25) is 9.80 Å². The zero-order chi connectivity index (χ0) is 9.38. The molecule has 4 nitrogen and oxygen atoms in total. The van der Waals surface area contributed by atoms with Gasteiger partial charge >= 0.3 is 0 Å². The van der Waals surface area contributed by atoms with Crippen LogP contribution < -0.4 is 5.32 Å². The van der Waals surface area contributed by atoms with E-state index < -0.39 is 0 Å². The Kier molecular flexibility index (Phi) is 2.45. The van der Waals surface area contributed by atoms with E-state index in [2.05, 4.69) is 15.1 Å². The molecule has 4 heteroatoms. The molecule has 0 aromatic rings. The monoisotopic (exact) mass is 196 g/mol. The Morgan fingerprint density at radius 1 is 1.14 bits per heavy atom. The molecule has 4 saturated heterocycles. The minimum atomic E-state index is 0.437. The smallest absolute Gasteiger partial charge is 0.0652 e. The predicted octanol–water partition coefficient (Wildman–Crippen LogP) is -1.01. The number of rotatable bonds is 1. The second-order valence-corrected chi connectivity index (χ2v) is 4.45. The van der Waals surface area contributed by atoms with E-state index in [4.69, 9.17) is 4.74 Å². The molecule has 0 spiro atoms. The molecule has 4 aliphatic heterocycles. The number of fused-ring (bicyclic) bond motifs is 3. The number of nitrogens with zero attached hydrogens (tertiary/aromatic N) is 3. The molecule has 0 amide bonds. The number of morpholine rings is 1. The van der Waals surface area contributed by atoms with Crippen molar-refractivity contribution in [2.75, 3.05) is 52.5 Å². The quantitative estimate of drug-likeness (QED) is 0.538. The molecule has 79 valence electrons. The average Bonchev–Trinajstić information content (AvgIpc) is 2.32. The molecule has 0 saturated carbocycles. The lowest BCUT2D eigenvalue weighted by Gasteiger charge is -2.50. The second-order valence-electron chi connectivity index (χ2n) is 4.45. The van der Waals surface area contributed by atoms with Gasteiger partial charge in [-0.25, -0.2) is 5.32 Å². The summed E-state index contributed by atoms with van der Waals surface area (Å²) in [4.78, 5) is 5.16. The van der Waals surface area contributed by atoms with Crippen LogP contribution in [0.5, 0.6) is 0 Å². The maximum Gasteiger partial charge on any atom is 0.0652 e. The van der Waals surface area contributed by atoms with E-state index in [9.17, 15) is 0 Å². The Balaban J connectivity index is 1.66. The Labute approximate surface area is 85.2 Å². The molecule has 4 heterocycles. The van der Waals surface area contributed by atoms with E-state index in [1.807, 2.05) is 0 Å². The van der Waals surface area contributed by atoms with E-state index in [0.717, 1.165) is 19.8 Å². The molecule has 14 heavy (non-hydrogen) atoms. The van der Waals surface area contributed by atoms with Crippen LogP contribution >= 0.6 is 0 Å². The molecule has 0 aromatic heterocycles. The number of hydrogen-bond donors (Lipinski definition) is 0. The highest BCUT2D eigenvalue weighted by Crippen LogP contribution is 2.19. The van der Waals surface area contributed by atoms with Crippen LogP contribution in [0, 0.1) is 0 Å². The van der Waals surface area contributed by atoms with Crippen molar-refractivity contribution in [2.24, 2.45) is 0 Å². The van der Waals surface area contributed by atoms with Crippen LogP contribution in [0.4, 0.5) is 0 Å². The van der Waals surface area contributed by atoms with Crippen LogP contribution in [0.3, 0.4) is 0 Å². The maximum absolute atomic E-state index is 5.50. The van der Waals surface area contributed by atoms with Gasteiger partial charge in [0.1, 0.15) is 0 Å². The van der Waals surface area contributed by atoms with Crippen LogP contribution in [-0.4, -0.2) is 74.4 Å². The standard InChI is InChI=1S/C10H18N3O/c1-6-14-8-9(11-1)10-7-12-2-4-13(10)5-3-12/h9-10H,1-8H2. The minimum absolute atomic E-state index is 0.437. The zero-order valence-electron chi connectivity index (χ0n) is 8.56. The first-order valence-electron chi connectivity index (χ1n) is 5.64. The summed E-state index contributed by atoms with van der Waals surface area (Å²) in [5.74, 6) is 0. The first-order valence-corrected chi connectivity index (χ1v) is 5.64. The van der Waals surface area contributed by atoms with Gasteiger partial charge < -0.3 is 4.74 Å². The van der Waals surface area contributed by atoms with Crippen LogP contribution in [0.2, 0.25) is 0 Å². The second kappa shape index (κ2) is 3.77. The largest absolute Gasteiger partial charge is 0.378 e. The molecule has 4 rings (SSSR count). The number of hydrogen-bond acceptors (Lipinski definition) is 3. The molecule has 0 aromatic carbocycles. The normalized spacial score (nSPS) is 48.0.